The van der Waals surface area contributed by atoms with Crippen molar-refractivity contribution in [2.24, 2.45) is 0 Å². The topological polar surface area (TPSA) is 93.1 Å². The molecule has 0 amide bonds. The average molecular weight is 574 g/mol. The Morgan fingerprint density at radius 1 is 1.14 bits per heavy atom. The quantitative estimate of drug-likeness (QED) is 0.352. The number of terminal acetylenes is 1. The number of anilines is 1. The zero-order valence-electron chi connectivity index (χ0n) is 23.2. The van der Waals surface area contributed by atoms with Gasteiger partial charge in [0.15, 0.2) is 5.82 Å². The van der Waals surface area contributed by atoms with Gasteiger partial charge >= 0.3 is 6.01 Å². The summed E-state index contributed by atoms with van der Waals surface area (Å²) in [4.78, 5) is 18.2. The first-order valence-corrected chi connectivity index (χ1v) is 14.0. The van der Waals surface area contributed by atoms with Crippen LogP contribution in [-0.2, 0) is 4.74 Å². The standard InChI is InChI=1S/C31H29F2N5O4/c1-4-20-22(32)8-7-17-12-19(39)13-21(24(17)20)27-26(33)28-25-29(38(18-14-40-15-18)10-11-41-30(25)34-27)36-31(35-28)42-16(2)23-6-5-9-37(23)3/h1,7-8,12-13,16,18,23,39H,5-6,9-11,14-15H2,2-3H3/t16-,23-/m0/s1. The lowest BCUT2D eigenvalue weighted by Crippen LogP contribution is -2.50. The van der Waals surface area contributed by atoms with Gasteiger partial charge < -0.3 is 24.2 Å². The molecular weight excluding hydrogens is 544 g/mol. The van der Waals surface area contributed by atoms with Crippen molar-refractivity contribution in [2.75, 3.05) is 44.9 Å². The second kappa shape index (κ2) is 10.2. The maximum absolute atomic E-state index is 16.8. The van der Waals surface area contributed by atoms with Crippen LogP contribution in [0.15, 0.2) is 24.3 Å². The molecule has 42 heavy (non-hydrogen) atoms. The molecule has 3 aliphatic rings. The van der Waals surface area contributed by atoms with Crippen molar-refractivity contribution in [3.05, 3.63) is 41.5 Å². The first kappa shape index (κ1) is 26.6. The lowest BCUT2D eigenvalue weighted by atomic mass is 9.95. The van der Waals surface area contributed by atoms with E-state index >= 15 is 4.39 Å². The third-order valence-electron chi connectivity index (χ3n) is 8.48. The van der Waals surface area contributed by atoms with E-state index in [0.717, 1.165) is 19.4 Å². The number of phenolic OH excluding ortho intramolecular Hbond substituents is 1. The number of pyridine rings is 1. The normalized spacial score (nSPS) is 19.8. The highest BCUT2D eigenvalue weighted by Gasteiger charge is 2.35. The summed E-state index contributed by atoms with van der Waals surface area (Å²) in [6.07, 6.45) is 7.47. The molecule has 2 atom stereocenters. The van der Waals surface area contributed by atoms with Crippen LogP contribution < -0.4 is 14.4 Å². The number of hydrogen-bond acceptors (Lipinski definition) is 9. The van der Waals surface area contributed by atoms with E-state index in [-0.39, 0.29) is 70.2 Å². The zero-order chi connectivity index (χ0) is 29.1. The molecule has 216 valence electrons. The zero-order valence-corrected chi connectivity index (χ0v) is 23.2. The molecule has 2 fully saturated rings. The molecule has 3 aliphatic heterocycles. The predicted octanol–water partition coefficient (Wildman–Crippen LogP) is 4.27. The highest BCUT2D eigenvalue weighted by atomic mass is 19.1. The average Bonchev–Trinajstić information content (AvgIpc) is 3.30. The molecule has 2 aromatic heterocycles. The molecule has 0 spiro atoms. The van der Waals surface area contributed by atoms with Crippen LogP contribution in [0.4, 0.5) is 14.6 Å². The van der Waals surface area contributed by atoms with Crippen LogP contribution in [0, 0.1) is 24.0 Å². The number of nitrogens with zero attached hydrogens (tertiary/aromatic N) is 5. The van der Waals surface area contributed by atoms with Crippen molar-refractivity contribution in [2.45, 2.75) is 38.0 Å². The van der Waals surface area contributed by atoms with Crippen LogP contribution in [0.2, 0.25) is 0 Å². The molecule has 2 aromatic carbocycles. The molecule has 0 radical (unpaired) electrons. The molecule has 0 saturated carbocycles. The lowest BCUT2D eigenvalue weighted by Gasteiger charge is -2.37. The van der Waals surface area contributed by atoms with Gasteiger partial charge in [0.25, 0.3) is 0 Å². The number of rotatable bonds is 5. The van der Waals surface area contributed by atoms with Crippen LogP contribution in [0.25, 0.3) is 32.9 Å². The summed E-state index contributed by atoms with van der Waals surface area (Å²) in [5.74, 6) is 1.37. The summed E-state index contributed by atoms with van der Waals surface area (Å²) in [6.45, 7) is 4.67. The van der Waals surface area contributed by atoms with Crippen molar-refractivity contribution in [3.63, 3.8) is 0 Å². The Kier molecular flexibility index (Phi) is 6.48. The fourth-order valence-corrected chi connectivity index (χ4v) is 6.28. The van der Waals surface area contributed by atoms with Gasteiger partial charge in [0.05, 0.1) is 31.4 Å². The number of hydrogen-bond donors (Lipinski definition) is 1. The summed E-state index contributed by atoms with van der Waals surface area (Å²) < 4.78 is 49.4. The number of likely N-dealkylation sites (tertiary alicyclic amines) is 1. The van der Waals surface area contributed by atoms with Gasteiger partial charge in [0.2, 0.25) is 5.88 Å². The molecule has 0 bridgehead atoms. The van der Waals surface area contributed by atoms with E-state index in [0.29, 0.717) is 36.3 Å². The van der Waals surface area contributed by atoms with Gasteiger partial charge in [-0.05, 0) is 56.9 Å². The smallest absolute Gasteiger partial charge is 0.319 e. The monoisotopic (exact) mass is 573 g/mol. The van der Waals surface area contributed by atoms with E-state index in [2.05, 4.69) is 27.8 Å². The Labute approximate surface area is 241 Å². The molecular formula is C31H29F2N5O4. The Hall–Kier alpha value is -4.27. The minimum Gasteiger partial charge on any atom is -0.508 e. The van der Waals surface area contributed by atoms with Crippen LogP contribution in [-0.4, -0.2) is 83.1 Å². The summed E-state index contributed by atoms with van der Waals surface area (Å²) in [5, 5.41) is 11.5. The van der Waals surface area contributed by atoms with Crippen molar-refractivity contribution in [1.29, 1.82) is 0 Å². The van der Waals surface area contributed by atoms with E-state index in [9.17, 15) is 9.50 Å². The number of halogens is 2. The minimum atomic E-state index is -0.790. The molecule has 5 heterocycles. The van der Waals surface area contributed by atoms with E-state index in [1.54, 1.807) is 0 Å². The fraction of sp³-hybridized carbons (Fsp3) is 0.387. The number of benzene rings is 2. The predicted molar refractivity (Wildman–Crippen MR) is 153 cm³/mol. The first-order chi connectivity index (χ1) is 20.3. The van der Waals surface area contributed by atoms with Crippen LogP contribution in [0.1, 0.15) is 25.3 Å². The van der Waals surface area contributed by atoms with E-state index in [1.165, 1.54) is 24.3 Å². The highest BCUT2D eigenvalue weighted by molar-refractivity contribution is 6.04. The van der Waals surface area contributed by atoms with Crippen molar-refractivity contribution in [3.8, 4) is 41.2 Å². The van der Waals surface area contributed by atoms with E-state index in [1.807, 2.05) is 11.8 Å². The fourth-order valence-electron chi connectivity index (χ4n) is 6.28. The SMILES string of the molecule is C#Cc1c(F)ccc2cc(O)cc(-c3nc4c5c(nc(O[C@@H](C)[C@@H]6CCCN6C)nc5c3F)N(C3COC3)CCO4)c12. The largest absolute Gasteiger partial charge is 0.508 e. The Morgan fingerprint density at radius 2 is 1.98 bits per heavy atom. The van der Waals surface area contributed by atoms with Crippen LogP contribution in [0.3, 0.4) is 0 Å². The van der Waals surface area contributed by atoms with Gasteiger partial charge in [0, 0.05) is 17.0 Å². The Bertz CT molecular complexity index is 1770. The highest BCUT2D eigenvalue weighted by Crippen LogP contribution is 2.43. The lowest BCUT2D eigenvalue weighted by molar-refractivity contribution is 0.00723. The van der Waals surface area contributed by atoms with Crippen molar-refractivity contribution >= 4 is 27.5 Å². The summed E-state index contributed by atoms with van der Waals surface area (Å²) >= 11 is 0. The number of ether oxygens (including phenoxy) is 3. The molecule has 7 rings (SSSR count). The maximum atomic E-state index is 16.8. The summed E-state index contributed by atoms with van der Waals surface area (Å²) in [5.41, 5.74) is -0.174. The third-order valence-corrected chi connectivity index (χ3v) is 8.48. The molecule has 11 heteroatoms. The van der Waals surface area contributed by atoms with E-state index in [4.69, 9.17) is 25.6 Å². The second-order valence-electron chi connectivity index (χ2n) is 11.0. The van der Waals surface area contributed by atoms with Gasteiger partial charge in [0.1, 0.15) is 46.7 Å². The number of fused-ring (bicyclic) bond motifs is 1. The first-order valence-electron chi connectivity index (χ1n) is 14.0. The Balaban J connectivity index is 1.47. The van der Waals surface area contributed by atoms with Gasteiger partial charge in [-0.1, -0.05) is 12.0 Å². The number of aromatic hydroxyl groups is 1. The summed E-state index contributed by atoms with van der Waals surface area (Å²) in [7, 11) is 2.05. The molecule has 0 aliphatic carbocycles. The van der Waals surface area contributed by atoms with E-state index < -0.39 is 11.6 Å². The second-order valence-corrected chi connectivity index (χ2v) is 11.0. The molecule has 0 unspecified atom stereocenters. The third kappa shape index (κ3) is 4.25. The van der Waals surface area contributed by atoms with Crippen molar-refractivity contribution < 1.29 is 28.1 Å². The summed E-state index contributed by atoms with van der Waals surface area (Å²) in [6, 6.07) is 5.69. The van der Waals surface area contributed by atoms with Gasteiger partial charge in [-0.15, -0.1) is 6.42 Å². The molecule has 2 saturated heterocycles. The Morgan fingerprint density at radius 3 is 2.69 bits per heavy atom. The van der Waals surface area contributed by atoms with Gasteiger partial charge in [-0.3, -0.25) is 4.90 Å². The van der Waals surface area contributed by atoms with Crippen LogP contribution in [0.5, 0.6) is 17.6 Å². The minimum absolute atomic E-state index is 0.0304. The number of likely N-dealkylation sites (N-methyl/N-ethyl adjacent to an activating group) is 1. The van der Waals surface area contributed by atoms with Crippen LogP contribution >= 0.6 is 0 Å². The molecule has 1 N–H and O–H groups in total. The van der Waals surface area contributed by atoms with Crippen molar-refractivity contribution in [1.82, 2.24) is 19.9 Å². The van der Waals surface area contributed by atoms with Gasteiger partial charge in [-0.25, -0.2) is 13.8 Å². The maximum Gasteiger partial charge on any atom is 0.319 e. The molecule has 4 aromatic rings. The number of aromatic nitrogens is 3. The van der Waals surface area contributed by atoms with Gasteiger partial charge in [-0.2, -0.15) is 9.97 Å². The molecule has 9 nitrogen and oxygen atoms in total. The number of phenols is 1.